The molecule has 2 amide bonds. The number of urea groups is 1. The average molecular weight is 411 g/mol. The van der Waals surface area contributed by atoms with E-state index in [4.69, 9.17) is 9.47 Å². The van der Waals surface area contributed by atoms with Gasteiger partial charge in [-0.1, -0.05) is 12.1 Å². The van der Waals surface area contributed by atoms with Gasteiger partial charge in [0.15, 0.2) is 0 Å². The molecule has 3 heterocycles. The molecule has 0 aliphatic carbocycles. The minimum atomic E-state index is -4.35. The Bertz CT molecular complexity index is 762. The van der Waals surface area contributed by atoms with Gasteiger partial charge in [0, 0.05) is 25.7 Å². The van der Waals surface area contributed by atoms with Crippen molar-refractivity contribution in [2.24, 2.45) is 0 Å². The van der Waals surface area contributed by atoms with E-state index in [1.165, 1.54) is 12.1 Å². The molecule has 0 bridgehead atoms. The number of rotatable bonds is 3. The fourth-order valence-corrected chi connectivity index (χ4v) is 3.92. The Hall–Kier alpha value is -2.42. The highest BCUT2D eigenvalue weighted by atomic mass is 19.4. The lowest BCUT2D eigenvalue weighted by Gasteiger charge is -2.45. The van der Waals surface area contributed by atoms with E-state index in [-0.39, 0.29) is 30.4 Å². The van der Waals surface area contributed by atoms with Crippen LogP contribution in [0.4, 0.5) is 18.0 Å². The minimum Gasteiger partial charge on any atom is -0.494 e. The van der Waals surface area contributed by atoms with Crippen LogP contribution in [0.3, 0.4) is 0 Å². The number of carbonyl (C=O) groups is 1. The Labute approximate surface area is 167 Å². The van der Waals surface area contributed by atoms with Crippen LogP contribution in [0.2, 0.25) is 0 Å². The molecule has 2 saturated heterocycles. The average Bonchev–Trinajstić information content (AvgIpc) is 2.68. The van der Waals surface area contributed by atoms with Gasteiger partial charge in [-0.2, -0.15) is 13.2 Å². The molecule has 3 aliphatic heterocycles. The van der Waals surface area contributed by atoms with Gasteiger partial charge in [0.25, 0.3) is 0 Å². The van der Waals surface area contributed by atoms with Crippen LogP contribution in [0.5, 0.6) is 0 Å². The lowest BCUT2D eigenvalue weighted by Crippen LogP contribution is -2.63. The van der Waals surface area contributed by atoms with Gasteiger partial charge < -0.3 is 24.6 Å². The smallest absolute Gasteiger partial charge is 0.416 e. The predicted molar refractivity (Wildman–Crippen MR) is 98.8 cm³/mol. The molecule has 29 heavy (non-hydrogen) atoms. The van der Waals surface area contributed by atoms with E-state index in [9.17, 15) is 18.0 Å². The first-order chi connectivity index (χ1) is 13.8. The van der Waals surface area contributed by atoms with Crippen molar-refractivity contribution in [3.63, 3.8) is 0 Å². The van der Waals surface area contributed by atoms with Gasteiger partial charge in [-0.25, -0.2) is 4.79 Å². The Morgan fingerprint density at radius 3 is 2.62 bits per heavy atom. The quantitative estimate of drug-likeness (QED) is 0.831. The van der Waals surface area contributed by atoms with Gasteiger partial charge in [0.1, 0.15) is 6.10 Å². The number of ether oxygens (including phenoxy) is 2. The summed E-state index contributed by atoms with van der Waals surface area (Å²) in [7, 11) is 0. The maximum atomic E-state index is 12.7. The first kappa shape index (κ1) is 19.9. The second-order valence-electron chi connectivity index (χ2n) is 7.69. The Kier molecular flexibility index (Phi) is 5.33. The van der Waals surface area contributed by atoms with E-state index >= 15 is 0 Å². The van der Waals surface area contributed by atoms with Crippen LogP contribution in [0.1, 0.15) is 30.6 Å². The molecule has 0 aromatic heterocycles. The molecule has 6 nitrogen and oxygen atoms in total. The monoisotopic (exact) mass is 411 g/mol. The summed E-state index contributed by atoms with van der Waals surface area (Å²) in [5.41, 5.74) is 0.00672. The summed E-state index contributed by atoms with van der Waals surface area (Å²) >= 11 is 0. The fourth-order valence-electron chi connectivity index (χ4n) is 3.92. The van der Waals surface area contributed by atoms with Crippen molar-refractivity contribution in [2.45, 2.75) is 43.9 Å². The number of benzene rings is 1. The first-order valence-corrected chi connectivity index (χ1v) is 9.74. The van der Waals surface area contributed by atoms with E-state index in [1.54, 1.807) is 24.3 Å². The zero-order valence-corrected chi connectivity index (χ0v) is 16.1. The summed E-state index contributed by atoms with van der Waals surface area (Å²) in [6.07, 6.45) is -0.521. The third kappa shape index (κ3) is 4.29. The molecule has 2 fully saturated rings. The number of piperidine rings is 1. The maximum absolute atomic E-state index is 12.7. The van der Waals surface area contributed by atoms with Crippen molar-refractivity contribution in [1.82, 2.24) is 15.1 Å². The normalized spacial score (nSPS) is 25.5. The number of nitrogens with one attached hydrogen (secondary N) is 1. The fraction of sp³-hybridized carbons (Fsp3) is 0.550. The maximum Gasteiger partial charge on any atom is 0.416 e. The van der Waals surface area contributed by atoms with E-state index in [2.05, 4.69) is 5.32 Å². The van der Waals surface area contributed by atoms with Crippen molar-refractivity contribution in [3.8, 4) is 0 Å². The zero-order valence-electron chi connectivity index (χ0n) is 16.1. The molecular formula is C20H24F3N3O3. The van der Waals surface area contributed by atoms with Gasteiger partial charge in [-0.05, 0) is 24.6 Å². The lowest BCUT2D eigenvalue weighted by molar-refractivity contribution is -0.137. The Morgan fingerprint density at radius 2 is 1.93 bits per heavy atom. The summed E-state index contributed by atoms with van der Waals surface area (Å²) in [5, 5.41) is 3.23. The molecule has 9 heteroatoms. The molecule has 1 N–H and O–H groups in total. The molecule has 1 aromatic carbocycles. The second-order valence-corrected chi connectivity index (χ2v) is 7.69. The van der Waals surface area contributed by atoms with Crippen molar-refractivity contribution in [3.05, 3.63) is 47.9 Å². The largest absolute Gasteiger partial charge is 0.494 e. The highest BCUT2D eigenvalue weighted by molar-refractivity contribution is 5.75. The molecule has 0 saturated carbocycles. The highest BCUT2D eigenvalue weighted by Gasteiger charge is 2.39. The SMILES string of the molecule is C[C@@H](OC1CN(C(=O)N2CC[C@@H]3OC=CN[C@@H]3C2)C1)c1ccc(C(F)(F)F)cc1. The van der Waals surface area contributed by atoms with Gasteiger partial charge in [-0.15, -0.1) is 0 Å². The number of likely N-dealkylation sites (tertiary alicyclic amines) is 2. The van der Waals surface area contributed by atoms with Crippen LogP contribution >= 0.6 is 0 Å². The third-order valence-electron chi connectivity index (χ3n) is 5.67. The topological polar surface area (TPSA) is 54.0 Å². The van der Waals surface area contributed by atoms with Crippen LogP contribution in [-0.4, -0.2) is 60.3 Å². The van der Waals surface area contributed by atoms with Crippen LogP contribution in [-0.2, 0) is 15.7 Å². The van der Waals surface area contributed by atoms with E-state index < -0.39 is 11.7 Å². The molecule has 0 unspecified atom stereocenters. The summed E-state index contributed by atoms with van der Waals surface area (Å²) < 4.78 is 49.5. The molecular weight excluding hydrogens is 387 g/mol. The second kappa shape index (κ2) is 7.78. The van der Waals surface area contributed by atoms with Crippen LogP contribution in [0.25, 0.3) is 0 Å². The molecule has 4 rings (SSSR count). The molecule has 1 aromatic rings. The van der Waals surface area contributed by atoms with E-state index in [0.717, 1.165) is 18.6 Å². The number of fused-ring (bicyclic) bond motifs is 1. The van der Waals surface area contributed by atoms with Gasteiger partial charge >= 0.3 is 12.2 Å². The number of carbonyl (C=O) groups excluding carboxylic acids is 1. The number of hydrogen-bond acceptors (Lipinski definition) is 4. The van der Waals surface area contributed by atoms with E-state index in [1.807, 2.05) is 4.90 Å². The van der Waals surface area contributed by atoms with Crippen molar-refractivity contribution < 1.29 is 27.4 Å². The summed E-state index contributed by atoms with van der Waals surface area (Å²) in [4.78, 5) is 16.3. The van der Waals surface area contributed by atoms with Crippen LogP contribution in [0, 0.1) is 0 Å². The van der Waals surface area contributed by atoms with Gasteiger partial charge in [-0.3, -0.25) is 0 Å². The minimum absolute atomic E-state index is 0.0122. The van der Waals surface area contributed by atoms with Crippen molar-refractivity contribution >= 4 is 6.03 Å². The number of amides is 2. The Morgan fingerprint density at radius 1 is 1.21 bits per heavy atom. The van der Waals surface area contributed by atoms with Crippen molar-refractivity contribution in [1.29, 1.82) is 0 Å². The third-order valence-corrected chi connectivity index (χ3v) is 5.67. The number of alkyl halides is 3. The lowest BCUT2D eigenvalue weighted by atomic mass is 10.0. The predicted octanol–water partition coefficient (Wildman–Crippen LogP) is 3.12. The van der Waals surface area contributed by atoms with Gasteiger partial charge in [0.2, 0.25) is 0 Å². The van der Waals surface area contributed by atoms with E-state index in [0.29, 0.717) is 31.7 Å². The number of hydrogen-bond donors (Lipinski definition) is 1. The summed E-state index contributed by atoms with van der Waals surface area (Å²) in [6, 6.07) is 5.09. The molecule has 3 atom stereocenters. The molecule has 0 radical (unpaired) electrons. The first-order valence-electron chi connectivity index (χ1n) is 9.74. The molecule has 0 spiro atoms. The highest BCUT2D eigenvalue weighted by Crippen LogP contribution is 2.31. The number of halogens is 3. The number of nitrogens with zero attached hydrogens (tertiary/aromatic N) is 2. The van der Waals surface area contributed by atoms with Crippen LogP contribution in [0.15, 0.2) is 36.7 Å². The molecule has 3 aliphatic rings. The van der Waals surface area contributed by atoms with Gasteiger partial charge in [0.05, 0.1) is 43.2 Å². The van der Waals surface area contributed by atoms with Crippen LogP contribution < -0.4 is 5.32 Å². The standard InChI is InChI=1S/C20H24F3N3O3/c1-13(14-2-4-15(5-3-14)20(21,22)23)29-16-10-26(11-16)19(27)25-8-6-18-17(12-25)24-7-9-28-18/h2-5,7,9,13,16-18,24H,6,8,10-12H2,1H3/t13-,17-,18+/m1/s1. The van der Waals surface area contributed by atoms with Crippen molar-refractivity contribution in [2.75, 3.05) is 26.2 Å². The summed E-state index contributed by atoms with van der Waals surface area (Å²) in [6.45, 7) is 4.02. The molecule has 158 valence electrons. The summed E-state index contributed by atoms with van der Waals surface area (Å²) in [5.74, 6) is 0. The Balaban J connectivity index is 1.24. The zero-order chi connectivity index (χ0) is 20.6.